The largest absolute Gasteiger partial charge is 0.294 e. The fourth-order valence-corrected chi connectivity index (χ4v) is 2.76. The predicted molar refractivity (Wildman–Crippen MR) is 74.8 cm³/mol. The van der Waals surface area contributed by atoms with Gasteiger partial charge in [-0.05, 0) is 24.0 Å². The Hall–Kier alpha value is -2.49. The summed E-state index contributed by atoms with van der Waals surface area (Å²) in [6, 6.07) is 14.1. The van der Waals surface area contributed by atoms with Crippen molar-refractivity contribution in [3.05, 3.63) is 75.3 Å². The van der Waals surface area contributed by atoms with Crippen molar-refractivity contribution in [1.29, 1.82) is 0 Å². The fourth-order valence-electron chi connectivity index (χ4n) is 2.76. The first-order chi connectivity index (χ1) is 9.65. The molecule has 0 aromatic heterocycles. The maximum atomic E-state index is 12.3. The fraction of sp³-hybridized carbons (Fsp3) is 0.188. The van der Waals surface area contributed by atoms with Crippen molar-refractivity contribution in [2.75, 3.05) is 0 Å². The van der Waals surface area contributed by atoms with E-state index in [0.717, 1.165) is 23.1 Å². The first-order valence-electron chi connectivity index (χ1n) is 6.50. The topological polar surface area (TPSA) is 60.2 Å². The zero-order valence-electron chi connectivity index (χ0n) is 10.8. The second-order valence-electron chi connectivity index (χ2n) is 5.05. The van der Waals surface area contributed by atoms with Crippen molar-refractivity contribution < 1.29 is 9.72 Å². The van der Waals surface area contributed by atoms with Crippen LogP contribution in [0.5, 0.6) is 0 Å². The maximum absolute atomic E-state index is 12.3. The van der Waals surface area contributed by atoms with Gasteiger partial charge in [0.2, 0.25) is 0 Å². The van der Waals surface area contributed by atoms with Gasteiger partial charge in [-0.3, -0.25) is 14.9 Å². The summed E-state index contributed by atoms with van der Waals surface area (Å²) in [5.74, 6) is 0.0431. The van der Waals surface area contributed by atoms with Crippen LogP contribution in [-0.2, 0) is 12.8 Å². The highest BCUT2D eigenvalue weighted by Gasteiger charge is 2.30. The van der Waals surface area contributed by atoms with E-state index < -0.39 is 4.92 Å². The summed E-state index contributed by atoms with van der Waals surface area (Å²) in [5, 5.41) is 10.8. The van der Waals surface area contributed by atoms with Gasteiger partial charge in [-0.1, -0.05) is 36.4 Å². The number of Topliss-reactive ketones (excluding diaryl/α,β-unsaturated/α-hetero) is 1. The van der Waals surface area contributed by atoms with E-state index in [-0.39, 0.29) is 17.4 Å². The number of benzene rings is 2. The molecule has 0 amide bonds. The second-order valence-corrected chi connectivity index (χ2v) is 5.05. The van der Waals surface area contributed by atoms with Gasteiger partial charge in [0.1, 0.15) is 0 Å². The van der Waals surface area contributed by atoms with Gasteiger partial charge in [0.05, 0.1) is 4.92 Å². The lowest BCUT2D eigenvalue weighted by molar-refractivity contribution is -0.384. The zero-order chi connectivity index (χ0) is 14.1. The molecule has 2 aromatic carbocycles. The highest BCUT2D eigenvalue weighted by molar-refractivity contribution is 6.02. The second kappa shape index (κ2) is 4.89. The first-order valence-corrected chi connectivity index (χ1v) is 6.50. The standard InChI is InChI=1S/C16H13NO3/c18-16-13(10-12-5-1-2-7-15(12)16)8-11-4-3-6-14(9-11)17(19)20/h1-7,9,13H,8,10H2. The van der Waals surface area contributed by atoms with Crippen molar-refractivity contribution in [2.24, 2.45) is 5.92 Å². The van der Waals surface area contributed by atoms with E-state index >= 15 is 0 Å². The minimum absolute atomic E-state index is 0.0745. The average Bonchev–Trinajstić information content (AvgIpc) is 2.76. The van der Waals surface area contributed by atoms with Crippen molar-refractivity contribution in [1.82, 2.24) is 0 Å². The predicted octanol–water partition coefficient (Wildman–Crippen LogP) is 3.19. The molecule has 0 N–H and O–H groups in total. The van der Waals surface area contributed by atoms with Crippen LogP contribution in [0.1, 0.15) is 21.5 Å². The van der Waals surface area contributed by atoms with Crippen molar-refractivity contribution in [3.63, 3.8) is 0 Å². The van der Waals surface area contributed by atoms with Gasteiger partial charge in [-0.25, -0.2) is 0 Å². The third-order valence-corrected chi connectivity index (χ3v) is 3.72. The van der Waals surface area contributed by atoms with Crippen molar-refractivity contribution >= 4 is 11.5 Å². The minimum Gasteiger partial charge on any atom is -0.294 e. The number of carbonyl (C=O) groups is 1. The third-order valence-electron chi connectivity index (χ3n) is 3.72. The van der Waals surface area contributed by atoms with Gasteiger partial charge >= 0.3 is 0 Å². The van der Waals surface area contributed by atoms with Crippen LogP contribution in [0.3, 0.4) is 0 Å². The normalized spacial score (nSPS) is 17.0. The van der Waals surface area contributed by atoms with Crippen LogP contribution in [0, 0.1) is 16.0 Å². The molecule has 4 heteroatoms. The summed E-state index contributed by atoms with van der Waals surface area (Å²) in [6.07, 6.45) is 1.27. The highest BCUT2D eigenvalue weighted by atomic mass is 16.6. The molecule has 1 unspecified atom stereocenters. The minimum atomic E-state index is -0.408. The lowest BCUT2D eigenvalue weighted by Gasteiger charge is -2.07. The van der Waals surface area contributed by atoms with Crippen LogP contribution in [0.4, 0.5) is 5.69 Å². The molecule has 0 spiro atoms. The molecule has 0 fully saturated rings. The highest BCUT2D eigenvalue weighted by Crippen LogP contribution is 2.29. The molecule has 3 rings (SSSR count). The number of nitro groups is 1. The molecule has 1 aliphatic rings. The van der Waals surface area contributed by atoms with E-state index in [0.29, 0.717) is 6.42 Å². The molecule has 100 valence electrons. The molecule has 0 saturated heterocycles. The molecule has 1 aliphatic carbocycles. The molecular formula is C16H13NO3. The SMILES string of the molecule is O=C1c2ccccc2CC1Cc1cccc([N+](=O)[O-])c1. The van der Waals surface area contributed by atoms with Crippen LogP contribution in [0.25, 0.3) is 0 Å². The average molecular weight is 267 g/mol. The lowest BCUT2D eigenvalue weighted by atomic mass is 9.95. The molecule has 4 nitrogen and oxygen atoms in total. The molecule has 2 aromatic rings. The molecule has 0 radical (unpaired) electrons. The number of carbonyl (C=O) groups excluding carboxylic acids is 1. The lowest BCUT2D eigenvalue weighted by Crippen LogP contribution is -2.12. The van der Waals surface area contributed by atoms with Crippen molar-refractivity contribution in [3.8, 4) is 0 Å². The van der Waals surface area contributed by atoms with Gasteiger partial charge < -0.3 is 0 Å². The Morgan fingerprint density at radius 1 is 1.15 bits per heavy atom. The van der Waals surface area contributed by atoms with Gasteiger partial charge in [0, 0.05) is 23.6 Å². The number of fused-ring (bicyclic) bond motifs is 1. The summed E-state index contributed by atoms with van der Waals surface area (Å²) in [6.45, 7) is 0. The van der Waals surface area contributed by atoms with Gasteiger partial charge in [0.15, 0.2) is 5.78 Å². The number of hydrogen-bond donors (Lipinski definition) is 0. The van der Waals surface area contributed by atoms with E-state index in [1.807, 2.05) is 30.3 Å². The van der Waals surface area contributed by atoms with Crippen LogP contribution < -0.4 is 0 Å². The summed E-state index contributed by atoms with van der Waals surface area (Å²) in [7, 11) is 0. The molecule has 0 aliphatic heterocycles. The molecule has 0 heterocycles. The van der Waals surface area contributed by atoms with Crippen LogP contribution in [0.2, 0.25) is 0 Å². The molecule has 0 saturated carbocycles. The van der Waals surface area contributed by atoms with Crippen LogP contribution in [-0.4, -0.2) is 10.7 Å². The smallest absolute Gasteiger partial charge is 0.269 e. The number of ketones is 1. The molecule has 20 heavy (non-hydrogen) atoms. The zero-order valence-corrected chi connectivity index (χ0v) is 10.8. The van der Waals surface area contributed by atoms with Gasteiger partial charge in [-0.15, -0.1) is 0 Å². The number of nitrogens with zero attached hydrogens (tertiary/aromatic N) is 1. The van der Waals surface area contributed by atoms with E-state index in [4.69, 9.17) is 0 Å². The van der Waals surface area contributed by atoms with Crippen LogP contribution >= 0.6 is 0 Å². The molecule has 1 atom stereocenters. The Bertz CT molecular complexity index is 694. The first kappa shape index (κ1) is 12.5. The summed E-state index contributed by atoms with van der Waals surface area (Å²) in [4.78, 5) is 22.6. The van der Waals surface area contributed by atoms with Crippen molar-refractivity contribution in [2.45, 2.75) is 12.8 Å². The van der Waals surface area contributed by atoms with Gasteiger partial charge in [0.25, 0.3) is 5.69 Å². The Morgan fingerprint density at radius 3 is 2.70 bits per heavy atom. The number of nitro benzene ring substituents is 1. The Morgan fingerprint density at radius 2 is 1.95 bits per heavy atom. The number of rotatable bonds is 3. The maximum Gasteiger partial charge on any atom is 0.269 e. The monoisotopic (exact) mass is 267 g/mol. The summed E-state index contributed by atoms with van der Waals surface area (Å²) < 4.78 is 0. The van der Waals surface area contributed by atoms with E-state index in [2.05, 4.69) is 0 Å². The molecule has 0 bridgehead atoms. The quantitative estimate of drug-likeness (QED) is 0.633. The van der Waals surface area contributed by atoms with Crippen LogP contribution in [0.15, 0.2) is 48.5 Å². The van der Waals surface area contributed by atoms with Gasteiger partial charge in [-0.2, -0.15) is 0 Å². The summed E-state index contributed by atoms with van der Waals surface area (Å²) in [5.41, 5.74) is 2.78. The van der Waals surface area contributed by atoms with E-state index in [1.165, 1.54) is 6.07 Å². The Kier molecular flexibility index (Phi) is 3.06. The Labute approximate surface area is 116 Å². The number of non-ortho nitro benzene ring substituents is 1. The van der Waals surface area contributed by atoms with E-state index in [9.17, 15) is 14.9 Å². The molecular weight excluding hydrogens is 254 g/mol. The third kappa shape index (κ3) is 2.20. The van der Waals surface area contributed by atoms with E-state index in [1.54, 1.807) is 12.1 Å². The number of hydrogen-bond acceptors (Lipinski definition) is 3. The summed E-state index contributed by atoms with van der Waals surface area (Å²) >= 11 is 0. The Balaban J connectivity index is 1.82.